The minimum absolute atomic E-state index is 0.000626. The Bertz CT molecular complexity index is 1260. The largest absolute Gasteiger partial charge is 0.469 e. The lowest BCUT2D eigenvalue weighted by Crippen LogP contribution is -2.47. The lowest BCUT2D eigenvalue weighted by Gasteiger charge is -2.33. The third-order valence-corrected chi connectivity index (χ3v) is 9.48. The standard InChI is InChI=1S/C33H44N2O4/c1-20-27(30(37)34-25-14-22(15-25)31(38)39-6)19-35(28(20)29(36)21-10-8-7-9-11-21)26-17-23(32(2,3)4)16-24(18-26)33(5)12-13-33/h16-19,21-22,25H,7-15H2,1-6H3,(H,34,37)/t22-,25-. The summed E-state index contributed by atoms with van der Waals surface area (Å²) in [5, 5.41) is 3.10. The molecule has 0 atom stereocenters. The van der Waals surface area contributed by atoms with Crippen LogP contribution in [0.5, 0.6) is 0 Å². The van der Waals surface area contributed by atoms with Crippen molar-refractivity contribution in [3.8, 4) is 5.69 Å². The van der Waals surface area contributed by atoms with Crippen molar-refractivity contribution in [2.75, 3.05) is 7.11 Å². The highest BCUT2D eigenvalue weighted by Crippen LogP contribution is 2.49. The molecule has 1 amide bonds. The lowest BCUT2D eigenvalue weighted by atomic mass is 9.80. The van der Waals surface area contributed by atoms with Crippen LogP contribution in [0.4, 0.5) is 0 Å². The number of rotatable bonds is 7. The van der Waals surface area contributed by atoms with Gasteiger partial charge in [0.2, 0.25) is 0 Å². The molecule has 3 fully saturated rings. The first kappa shape index (κ1) is 27.7. The van der Waals surface area contributed by atoms with Crippen molar-refractivity contribution in [1.29, 1.82) is 0 Å². The zero-order valence-corrected chi connectivity index (χ0v) is 24.5. The maximum Gasteiger partial charge on any atom is 0.308 e. The Hall–Kier alpha value is -2.89. The second-order valence-electron chi connectivity index (χ2n) is 13.5. The van der Waals surface area contributed by atoms with Gasteiger partial charge in [-0.3, -0.25) is 14.4 Å². The minimum Gasteiger partial charge on any atom is -0.469 e. The van der Waals surface area contributed by atoms with Crippen LogP contribution in [-0.2, 0) is 20.4 Å². The van der Waals surface area contributed by atoms with E-state index in [1.807, 2.05) is 17.7 Å². The Morgan fingerprint density at radius 3 is 2.26 bits per heavy atom. The quantitative estimate of drug-likeness (QED) is 0.323. The predicted molar refractivity (Wildman–Crippen MR) is 153 cm³/mol. The summed E-state index contributed by atoms with van der Waals surface area (Å²) in [6.45, 7) is 10.9. The van der Waals surface area contributed by atoms with Crippen LogP contribution < -0.4 is 5.32 Å². The highest BCUT2D eigenvalue weighted by molar-refractivity contribution is 6.04. The van der Waals surface area contributed by atoms with Gasteiger partial charge in [0.15, 0.2) is 5.78 Å². The van der Waals surface area contributed by atoms with Gasteiger partial charge in [0.05, 0.1) is 24.3 Å². The Balaban J connectivity index is 1.54. The summed E-state index contributed by atoms with van der Waals surface area (Å²) in [5.74, 6) is -0.404. The van der Waals surface area contributed by atoms with Gasteiger partial charge in [-0.25, -0.2) is 0 Å². The van der Waals surface area contributed by atoms with Crippen LogP contribution in [0.1, 0.15) is 123 Å². The molecule has 0 bridgehead atoms. The Morgan fingerprint density at radius 1 is 1.00 bits per heavy atom. The van der Waals surface area contributed by atoms with Gasteiger partial charge in [0.1, 0.15) is 0 Å². The molecule has 5 rings (SSSR count). The van der Waals surface area contributed by atoms with E-state index < -0.39 is 0 Å². The summed E-state index contributed by atoms with van der Waals surface area (Å²) in [7, 11) is 1.40. The number of hydrogen-bond acceptors (Lipinski definition) is 4. The third-order valence-electron chi connectivity index (χ3n) is 9.48. The summed E-state index contributed by atoms with van der Waals surface area (Å²) in [5.41, 5.74) is 5.55. The molecule has 0 radical (unpaired) electrons. The van der Waals surface area contributed by atoms with Crippen molar-refractivity contribution in [3.63, 3.8) is 0 Å². The maximum absolute atomic E-state index is 14.1. The van der Waals surface area contributed by atoms with Crippen LogP contribution in [0, 0.1) is 18.8 Å². The van der Waals surface area contributed by atoms with Gasteiger partial charge in [-0.2, -0.15) is 0 Å². The number of carbonyl (C=O) groups is 3. The first-order chi connectivity index (χ1) is 18.4. The van der Waals surface area contributed by atoms with Crippen LogP contribution in [0.2, 0.25) is 0 Å². The molecule has 3 saturated carbocycles. The van der Waals surface area contributed by atoms with E-state index in [9.17, 15) is 14.4 Å². The van der Waals surface area contributed by atoms with Crippen molar-refractivity contribution in [2.45, 2.75) is 109 Å². The molecule has 0 aliphatic heterocycles. The second-order valence-corrected chi connectivity index (χ2v) is 13.5. The van der Waals surface area contributed by atoms with Gasteiger partial charge in [0, 0.05) is 23.8 Å². The lowest BCUT2D eigenvalue weighted by molar-refractivity contribution is -0.149. The summed E-state index contributed by atoms with van der Waals surface area (Å²) in [4.78, 5) is 39.4. The van der Waals surface area contributed by atoms with Gasteiger partial charge in [-0.15, -0.1) is 0 Å². The van der Waals surface area contributed by atoms with Gasteiger partial charge in [0.25, 0.3) is 5.91 Å². The van der Waals surface area contributed by atoms with E-state index in [0.717, 1.165) is 36.9 Å². The van der Waals surface area contributed by atoms with Crippen molar-refractivity contribution >= 4 is 17.7 Å². The molecule has 0 saturated heterocycles. The monoisotopic (exact) mass is 532 g/mol. The van der Waals surface area contributed by atoms with Crippen LogP contribution in [0.3, 0.4) is 0 Å². The number of nitrogens with one attached hydrogen (secondary N) is 1. The van der Waals surface area contributed by atoms with E-state index in [4.69, 9.17) is 4.74 Å². The Morgan fingerprint density at radius 2 is 1.67 bits per heavy atom. The Kier molecular flexibility index (Phi) is 7.28. The van der Waals surface area contributed by atoms with E-state index in [-0.39, 0.29) is 46.4 Å². The fourth-order valence-electron chi connectivity index (χ4n) is 6.26. The molecule has 3 aliphatic rings. The van der Waals surface area contributed by atoms with Gasteiger partial charge < -0.3 is 14.6 Å². The van der Waals surface area contributed by atoms with Crippen molar-refractivity contribution in [2.24, 2.45) is 11.8 Å². The minimum atomic E-state index is -0.220. The summed E-state index contributed by atoms with van der Waals surface area (Å²) in [6, 6.07) is 6.69. The second kappa shape index (κ2) is 10.3. The van der Waals surface area contributed by atoms with Crippen LogP contribution in [0.15, 0.2) is 24.4 Å². The van der Waals surface area contributed by atoms with E-state index in [1.165, 1.54) is 37.5 Å². The average Bonchev–Trinajstić information content (AvgIpc) is 3.55. The van der Waals surface area contributed by atoms with E-state index >= 15 is 0 Å². The number of amides is 1. The number of carbonyl (C=O) groups excluding carboxylic acids is 3. The number of aromatic nitrogens is 1. The average molecular weight is 533 g/mol. The highest BCUT2D eigenvalue weighted by atomic mass is 16.5. The number of hydrogen-bond donors (Lipinski definition) is 1. The molecule has 6 heteroatoms. The van der Waals surface area contributed by atoms with Crippen LogP contribution in [0.25, 0.3) is 5.69 Å². The van der Waals surface area contributed by atoms with Crippen molar-refractivity contribution in [3.05, 3.63) is 52.3 Å². The normalized spacial score (nSPS) is 22.6. The number of esters is 1. The smallest absolute Gasteiger partial charge is 0.308 e. The molecule has 2 aromatic rings. The SMILES string of the molecule is COC(=O)[C@H]1C[C@H](NC(=O)c2cn(-c3cc(C(C)(C)C)cc(C4(C)CC4)c3)c(C(=O)C3CCCCC3)c2C)C1. The number of benzene rings is 1. The fraction of sp³-hybridized carbons (Fsp3) is 0.606. The zero-order chi connectivity index (χ0) is 28.1. The predicted octanol–water partition coefficient (Wildman–Crippen LogP) is 6.58. The van der Waals surface area contributed by atoms with Crippen molar-refractivity contribution in [1.82, 2.24) is 9.88 Å². The summed E-state index contributed by atoms with van der Waals surface area (Å²) < 4.78 is 6.85. The molecule has 1 aromatic heterocycles. The van der Waals surface area contributed by atoms with E-state index in [2.05, 4.69) is 51.2 Å². The summed E-state index contributed by atoms with van der Waals surface area (Å²) >= 11 is 0. The molecular formula is C33H44N2O4. The van der Waals surface area contributed by atoms with E-state index in [0.29, 0.717) is 24.1 Å². The number of ether oxygens (including phenoxy) is 1. The van der Waals surface area contributed by atoms with Gasteiger partial charge in [-0.05, 0) is 85.1 Å². The highest BCUT2D eigenvalue weighted by Gasteiger charge is 2.40. The number of Topliss-reactive ketones (excluding diaryl/α,β-unsaturated/α-hetero) is 1. The Labute approximate surface area is 232 Å². The van der Waals surface area contributed by atoms with Crippen LogP contribution >= 0.6 is 0 Å². The third kappa shape index (κ3) is 5.44. The summed E-state index contributed by atoms with van der Waals surface area (Å²) in [6.07, 6.45) is 10.5. The topological polar surface area (TPSA) is 77.4 Å². The first-order valence-electron chi connectivity index (χ1n) is 14.7. The van der Waals surface area contributed by atoms with Gasteiger partial charge >= 0.3 is 5.97 Å². The number of nitrogens with zero attached hydrogens (tertiary/aromatic N) is 1. The van der Waals surface area contributed by atoms with Gasteiger partial charge in [-0.1, -0.05) is 53.0 Å². The van der Waals surface area contributed by atoms with Crippen molar-refractivity contribution < 1.29 is 19.1 Å². The molecule has 3 aliphatic carbocycles. The fourth-order valence-corrected chi connectivity index (χ4v) is 6.26. The van der Waals surface area contributed by atoms with Crippen LogP contribution in [-0.4, -0.2) is 35.4 Å². The molecule has 39 heavy (non-hydrogen) atoms. The zero-order valence-electron chi connectivity index (χ0n) is 24.5. The first-order valence-corrected chi connectivity index (χ1v) is 14.7. The molecule has 1 N–H and O–H groups in total. The molecule has 0 unspecified atom stereocenters. The van der Waals surface area contributed by atoms with E-state index in [1.54, 1.807) is 0 Å². The molecule has 210 valence electrons. The molecular weight excluding hydrogens is 488 g/mol. The number of methoxy groups -OCH3 is 1. The molecule has 6 nitrogen and oxygen atoms in total. The molecule has 1 aromatic carbocycles. The number of ketones is 1. The maximum atomic E-state index is 14.1. The molecule has 1 heterocycles. The molecule has 0 spiro atoms.